The van der Waals surface area contributed by atoms with Crippen LogP contribution in [-0.4, -0.2) is 19.5 Å². The highest BCUT2D eigenvalue weighted by atomic mass is 16.3. The number of fused-ring (bicyclic) bond motifs is 6. The molecular formula is C51H32N4O. The van der Waals surface area contributed by atoms with E-state index in [1.54, 1.807) is 24.3 Å². The van der Waals surface area contributed by atoms with Crippen molar-refractivity contribution in [1.82, 2.24) is 19.5 Å². The predicted octanol–water partition coefficient (Wildman–Crippen LogP) is 13.2. The van der Waals surface area contributed by atoms with Crippen LogP contribution < -0.4 is 0 Å². The first kappa shape index (κ1) is 19.6. The Kier molecular flexibility index (Phi) is 4.57. The number of aromatic nitrogens is 4. The Balaban J connectivity index is 1.25. The van der Waals surface area contributed by atoms with Gasteiger partial charge in [-0.15, -0.1) is 0 Å². The molecule has 5 nitrogen and oxygen atoms in total. The van der Waals surface area contributed by atoms with Crippen LogP contribution >= 0.6 is 0 Å². The summed E-state index contributed by atoms with van der Waals surface area (Å²) in [5, 5.41) is 1.21. The lowest BCUT2D eigenvalue weighted by molar-refractivity contribution is 0.669. The highest BCUT2D eigenvalue weighted by Gasteiger charge is 2.21. The summed E-state index contributed by atoms with van der Waals surface area (Å²) >= 11 is 0. The van der Waals surface area contributed by atoms with Crippen molar-refractivity contribution >= 4 is 43.7 Å². The summed E-state index contributed by atoms with van der Waals surface area (Å²) in [6, 6.07) is 16.9. The van der Waals surface area contributed by atoms with Crippen LogP contribution in [0.3, 0.4) is 0 Å². The van der Waals surface area contributed by atoms with Crippen molar-refractivity contribution in [2.75, 3.05) is 0 Å². The van der Waals surface area contributed by atoms with Crippen molar-refractivity contribution in [3.05, 3.63) is 194 Å². The van der Waals surface area contributed by atoms with Crippen LogP contribution in [0.25, 0.3) is 106 Å². The lowest BCUT2D eigenvalue weighted by atomic mass is 9.96. The third-order valence-corrected chi connectivity index (χ3v) is 9.54. The molecule has 5 heteroatoms. The van der Waals surface area contributed by atoms with Crippen LogP contribution in [0.4, 0.5) is 0 Å². The fourth-order valence-corrected chi connectivity index (χ4v) is 7.01. The molecule has 0 aliphatic carbocycles. The third-order valence-electron chi connectivity index (χ3n) is 9.54. The van der Waals surface area contributed by atoms with Gasteiger partial charge in [0, 0.05) is 49.5 Å². The number of furan rings is 1. The van der Waals surface area contributed by atoms with Crippen LogP contribution in [-0.2, 0) is 0 Å². The number of hydrogen-bond acceptors (Lipinski definition) is 4. The van der Waals surface area contributed by atoms with E-state index in [9.17, 15) is 12.3 Å². The van der Waals surface area contributed by atoms with Gasteiger partial charge >= 0.3 is 0 Å². The van der Waals surface area contributed by atoms with Gasteiger partial charge in [-0.2, -0.15) is 0 Å². The Morgan fingerprint density at radius 3 is 1.93 bits per heavy atom. The lowest BCUT2D eigenvalue weighted by Gasteiger charge is -2.15. The normalized spacial score (nSPS) is 15.6. The number of benzene rings is 8. The molecule has 11 rings (SSSR count). The molecule has 0 saturated heterocycles. The molecule has 0 radical (unpaired) electrons. The monoisotopic (exact) mass is 732 g/mol. The Hall–Kier alpha value is -7.63. The molecule has 11 aromatic rings. The number of rotatable bonds is 6. The average Bonchev–Trinajstić information content (AvgIpc) is 3.95. The Labute approximate surface area is 345 Å². The van der Waals surface area contributed by atoms with E-state index in [-0.39, 0.29) is 50.5 Å². The Morgan fingerprint density at radius 2 is 1.07 bits per heavy atom. The molecule has 0 spiro atoms. The van der Waals surface area contributed by atoms with Crippen molar-refractivity contribution in [3.63, 3.8) is 0 Å². The fraction of sp³-hybridized carbons (Fsp3) is 0. The van der Waals surface area contributed by atoms with Gasteiger partial charge in [0.25, 0.3) is 0 Å². The van der Waals surface area contributed by atoms with Gasteiger partial charge in [0.05, 0.1) is 33.0 Å². The van der Waals surface area contributed by atoms with Gasteiger partial charge in [0.15, 0.2) is 17.5 Å². The fourth-order valence-electron chi connectivity index (χ4n) is 7.01. The standard InChI is InChI=1S/C51H32N4O/c1-3-14-33(15-4-1)34-26-29-37(30-27-34)55-45-24-11-9-19-39(45)43-23-13-22-42(48(43)55)38-18-7-8-21-44(38)51-53-49(35-16-5-2-6-17-35)52-50(54-51)36-28-31-41-40-20-10-12-25-46(40)56-47(41)32-36/h1-32H/i1D,3D,4D,9D,11D,13D,14D,15D,19D,22D,23D,24D,26D,27D,29D,30D. The van der Waals surface area contributed by atoms with Crippen LogP contribution in [0.5, 0.6) is 0 Å². The summed E-state index contributed by atoms with van der Waals surface area (Å²) in [6.07, 6.45) is 0. The Morgan fingerprint density at radius 1 is 0.411 bits per heavy atom. The second-order valence-corrected chi connectivity index (χ2v) is 12.8. The van der Waals surface area contributed by atoms with Gasteiger partial charge in [0.1, 0.15) is 11.2 Å². The van der Waals surface area contributed by atoms with Gasteiger partial charge in [-0.3, -0.25) is 0 Å². The van der Waals surface area contributed by atoms with E-state index in [1.807, 2.05) is 72.8 Å². The van der Waals surface area contributed by atoms with Gasteiger partial charge in [-0.1, -0.05) is 157 Å². The van der Waals surface area contributed by atoms with E-state index in [0.717, 1.165) is 15.3 Å². The van der Waals surface area contributed by atoms with Crippen molar-refractivity contribution in [3.8, 4) is 62.1 Å². The van der Waals surface area contributed by atoms with E-state index >= 15 is 0 Å². The molecule has 0 N–H and O–H groups in total. The second-order valence-electron chi connectivity index (χ2n) is 12.8. The summed E-state index contributed by atoms with van der Waals surface area (Å²) in [5.41, 5.74) is 0.194. The van der Waals surface area contributed by atoms with Gasteiger partial charge in [-0.05, 0) is 53.0 Å². The van der Waals surface area contributed by atoms with Crippen molar-refractivity contribution in [2.45, 2.75) is 0 Å². The van der Waals surface area contributed by atoms with Gasteiger partial charge in [-0.25, -0.2) is 15.0 Å². The van der Waals surface area contributed by atoms with E-state index < -0.39 is 119 Å². The van der Waals surface area contributed by atoms with E-state index in [1.165, 1.54) is 0 Å². The molecule has 0 amide bonds. The molecule has 0 fully saturated rings. The zero-order valence-corrected chi connectivity index (χ0v) is 28.9. The molecule has 0 saturated carbocycles. The topological polar surface area (TPSA) is 56.7 Å². The van der Waals surface area contributed by atoms with Crippen LogP contribution in [0.2, 0.25) is 0 Å². The minimum absolute atomic E-state index is 0.0762. The molecular weight excluding hydrogens is 685 g/mol. The predicted molar refractivity (Wildman–Crippen MR) is 229 cm³/mol. The maximum absolute atomic E-state index is 9.65. The summed E-state index contributed by atoms with van der Waals surface area (Å²) in [6.45, 7) is 0. The molecule has 0 unspecified atom stereocenters. The minimum atomic E-state index is -0.858. The van der Waals surface area contributed by atoms with Crippen molar-refractivity contribution in [1.29, 1.82) is 0 Å². The molecule has 262 valence electrons. The first-order valence-electron chi connectivity index (χ1n) is 25.5. The molecule has 3 aromatic heterocycles. The number of hydrogen-bond donors (Lipinski definition) is 0. The highest BCUT2D eigenvalue weighted by Crippen LogP contribution is 2.42. The molecule has 0 aliphatic rings. The van der Waals surface area contributed by atoms with E-state index in [2.05, 4.69) is 0 Å². The number of nitrogens with zero attached hydrogens (tertiary/aromatic N) is 4. The van der Waals surface area contributed by atoms with Crippen molar-refractivity contribution in [2.24, 2.45) is 0 Å². The van der Waals surface area contributed by atoms with Crippen LogP contribution in [0, 0.1) is 0 Å². The smallest absolute Gasteiger partial charge is 0.164 e. The summed E-state index contributed by atoms with van der Waals surface area (Å²) in [7, 11) is 0. The molecule has 0 aliphatic heterocycles. The minimum Gasteiger partial charge on any atom is -0.456 e. The first-order valence-corrected chi connectivity index (χ1v) is 17.5. The zero-order chi connectivity index (χ0) is 50.9. The SMILES string of the molecule is [2H]c1c([2H])c([2H])c(-c2c([2H])c([2H])c(-n3c4c([2H])c([2H])c([2H])c([2H])c4c4c([2H])c([2H])c([2H])c(-c5ccccc5-c5nc(-c6ccccc6)nc(-c6ccc7c(c6)oc6ccccc67)n5)c43)c([2H])c2[2H])c([2H])c1[2H]. The maximum atomic E-state index is 9.65. The molecule has 3 heterocycles. The Bertz CT molecular complexity index is 4140. The molecule has 0 bridgehead atoms. The highest BCUT2D eigenvalue weighted by molar-refractivity contribution is 6.14. The van der Waals surface area contributed by atoms with Gasteiger partial charge < -0.3 is 8.98 Å². The van der Waals surface area contributed by atoms with Crippen molar-refractivity contribution < 1.29 is 26.3 Å². The van der Waals surface area contributed by atoms with Crippen LogP contribution in [0.15, 0.2) is 198 Å². The first-order chi connectivity index (χ1) is 34.4. The average molecular weight is 733 g/mol. The third kappa shape index (κ3) is 5.29. The quantitative estimate of drug-likeness (QED) is 0.171. The maximum Gasteiger partial charge on any atom is 0.164 e. The second kappa shape index (κ2) is 13.0. The lowest BCUT2D eigenvalue weighted by Crippen LogP contribution is -2.01. The summed E-state index contributed by atoms with van der Waals surface area (Å²) in [4.78, 5) is 14.8. The molecule has 8 aromatic carbocycles. The summed E-state index contributed by atoms with van der Waals surface area (Å²) in [5.74, 6) is 0.567. The van der Waals surface area contributed by atoms with Crippen LogP contribution in [0.1, 0.15) is 21.9 Å². The van der Waals surface area contributed by atoms with Gasteiger partial charge in [0.2, 0.25) is 0 Å². The summed E-state index contributed by atoms with van der Waals surface area (Å²) < 4.78 is 151. The number of para-hydroxylation sites is 3. The van der Waals surface area contributed by atoms with E-state index in [0.29, 0.717) is 22.3 Å². The largest absolute Gasteiger partial charge is 0.456 e. The zero-order valence-electron chi connectivity index (χ0n) is 44.9. The molecule has 0 atom stereocenters. The van der Waals surface area contributed by atoms with E-state index in [4.69, 9.17) is 29.0 Å². The molecule has 56 heavy (non-hydrogen) atoms.